The van der Waals surface area contributed by atoms with Crippen molar-refractivity contribution in [3.8, 4) is 5.75 Å². The van der Waals surface area contributed by atoms with Gasteiger partial charge in [-0.15, -0.1) is 0 Å². The Kier molecular flexibility index (Phi) is 2.88. The van der Waals surface area contributed by atoms with Gasteiger partial charge in [0.05, 0.1) is 0 Å². The fourth-order valence-corrected chi connectivity index (χ4v) is 1.23. The van der Waals surface area contributed by atoms with Gasteiger partial charge in [-0.1, -0.05) is 13.0 Å². The number of aliphatic hydroxyl groups excluding tert-OH is 1. The van der Waals surface area contributed by atoms with Crippen LogP contribution in [0.1, 0.15) is 24.0 Å². The molecule has 0 aliphatic rings. The third-order valence-electron chi connectivity index (χ3n) is 2.03. The maximum Gasteiger partial charge on any atom is 0.168 e. The van der Waals surface area contributed by atoms with Gasteiger partial charge in [-0.2, -0.15) is 0 Å². The van der Waals surface area contributed by atoms with Crippen molar-refractivity contribution in [1.82, 2.24) is 0 Å². The SMILES string of the molecule is Cc1cc(O)c(F)c(C(C)CO)c1. The number of halogens is 1. The Labute approximate surface area is 76.6 Å². The summed E-state index contributed by atoms with van der Waals surface area (Å²) in [5, 5.41) is 18.0. The molecule has 72 valence electrons. The lowest BCUT2D eigenvalue weighted by Crippen LogP contribution is -2.02. The van der Waals surface area contributed by atoms with Crippen LogP contribution in [0.15, 0.2) is 12.1 Å². The van der Waals surface area contributed by atoms with Crippen molar-refractivity contribution in [2.24, 2.45) is 0 Å². The molecule has 0 aliphatic heterocycles. The second-order valence-corrected chi connectivity index (χ2v) is 3.27. The Balaban J connectivity index is 3.20. The number of hydrogen-bond donors (Lipinski definition) is 2. The van der Waals surface area contributed by atoms with Crippen LogP contribution in [0, 0.1) is 12.7 Å². The molecule has 0 bridgehead atoms. The average Bonchev–Trinajstić information content (AvgIpc) is 2.10. The van der Waals surface area contributed by atoms with Crippen LogP contribution in [0.5, 0.6) is 5.75 Å². The number of benzene rings is 1. The molecule has 1 aromatic carbocycles. The summed E-state index contributed by atoms with van der Waals surface area (Å²) < 4.78 is 13.3. The zero-order valence-electron chi connectivity index (χ0n) is 7.71. The summed E-state index contributed by atoms with van der Waals surface area (Å²) >= 11 is 0. The first kappa shape index (κ1) is 9.99. The van der Waals surface area contributed by atoms with Gasteiger partial charge in [0.1, 0.15) is 0 Å². The van der Waals surface area contributed by atoms with E-state index in [2.05, 4.69) is 0 Å². The molecule has 0 saturated heterocycles. The molecule has 0 aromatic heterocycles. The van der Waals surface area contributed by atoms with Crippen molar-refractivity contribution in [3.63, 3.8) is 0 Å². The summed E-state index contributed by atoms with van der Waals surface area (Å²) in [6.45, 7) is 3.35. The van der Waals surface area contributed by atoms with Crippen LogP contribution in [0.4, 0.5) is 4.39 Å². The van der Waals surface area contributed by atoms with E-state index >= 15 is 0 Å². The van der Waals surface area contributed by atoms with Gasteiger partial charge in [0.25, 0.3) is 0 Å². The van der Waals surface area contributed by atoms with Gasteiger partial charge in [0, 0.05) is 12.5 Å². The fourth-order valence-electron chi connectivity index (χ4n) is 1.23. The van der Waals surface area contributed by atoms with Gasteiger partial charge >= 0.3 is 0 Å². The Morgan fingerprint density at radius 1 is 1.46 bits per heavy atom. The van der Waals surface area contributed by atoms with Crippen molar-refractivity contribution in [3.05, 3.63) is 29.1 Å². The molecule has 3 heteroatoms. The van der Waals surface area contributed by atoms with E-state index in [1.54, 1.807) is 19.9 Å². The van der Waals surface area contributed by atoms with E-state index < -0.39 is 5.82 Å². The molecule has 0 heterocycles. The van der Waals surface area contributed by atoms with E-state index in [0.717, 1.165) is 5.56 Å². The monoisotopic (exact) mass is 184 g/mol. The minimum absolute atomic E-state index is 0.125. The molecular weight excluding hydrogens is 171 g/mol. The van der Waals surface area contributed by atoms with Gasteiger partial charge in [-0.25, -0.2) is 4.39 Å². The zero-order chi connectivity index (χ0) is 10.0. The number of hydrogen-bond acceptors (Lipinski definition) is 2. The summed E-state index contributed by atoms with van der Waals surface area (Å²) in [5.74, 6) is -1.27. The number of aromatic hydroxyl groups is 1. The first-order valence-corrected chi connectivity index (χ1v) is 4.16. The van der Waals surface area contributed by atoms with Gasteiger partial charge in [0.15, 0.2) is 11.6 Å². The lowest BCUT2D eigenvalue weighted by molar-refractivity contribution is 0.269. The number of aryl methyl sites for hydroxylation is 1. The molecule has 1 unspecified atom stereocenters. The number of aliphatic hydroxyl groups is 1. The van der Waals surface area contributed by atoms with Crippen LogP contribution >= 0.6 is 0 Å². The van der Waals surface area contributed by atoms with E-state index in [-0.39, 0.29) is 18.3 Å². The molecule has 0 spiro atoms. The van der Waals surface area contributed by atoms with Gasteiger partial charge in [-0.05, 0) is 24.1 Å². The van der Waals surface area contributed by atoms with Crippen molar-refractivity contribution in [1.29, 1.82) is 0 Å². The van der Waals surface area contributed by atoms with Crippen LogP contribution in [-0.4, -0.2) is 16.8 Å². The van der Waals surface area contributed by atoms with Gasteiger partial charge in [0.2, 0.25) is 0 Å². The van der Waals surface area contributed by atoms with E-state index in [4.69, 9.17) is 10.2 Å². The lowest BCUT2D eigenvalue weighted by Gasteiger charge is -2.11. The molecule has 2 N–H and O–H groups in total. The highest BCUT2D eigenvalue weighted by Gasteiger charge is 2.13. The second-order valence-electron chi connectivity index (χ2n) is 3.27. The first-order valence-electron chi connectivity index (χ1n) is 4.16. The standard InChI is InChI=1S/C10H13FO2/c1-6-3-8(7(2)5-12)10(11)9(13)4-6/h3-4,7,12-13H,5H2,1-2H3. The molecule has 2 nitrogen and oxygen atoms in total. The lowest BCUT2D eigenvalue weighted by atomic mass is 9.99. The molecule has 0 aliphatic carbocycles. The van der Waals surface area contributed by atoms with Crippen LogP contribution < -0.4 is 0 Å². The summed E-state index contributed by atoms with van der Waals surface area (Å²) in [6.07, 6.45) is 0. The van der Waals surface area contributed by atoms with E-state index in [1.807, 2.05) is 0 Å². The summed E-state index contributed by atoms with van der Waals surface area (Å²) in [6, 6.07) is 3.00. The van der Waals surface area contributed by atoms with E-state index in [9.17, 15) is 4.39 Å². The van der Waals surface area contributed by atoms with Crippen molar-refractivity contribution >= 4 is 0 Å². The fraction of sp³-hybridized carbons (Fsp3) is 0.400. The summed E-state index contributed by atoms with van der Waals surface area (Å²) in [4.78, 5) is 0. The highest BCUT2D eigenvalue weighted by atomic mass is 19.1. The minimum Gasteiger partial charge on any atom is -0.505 e. The predicted octanol–water partition coefficient (Wildman–Crippen LogP) is 1.94. The van der Waals surface area contributed by atoms with Crippen molar-refractivity contribution in [2.45, 2.75) is 19.8 Å². The van der Waals surface area contributed by atoms with E-state index in [1.165, 1.54) is 6.07 Å². The second kappa shape index (κ2) is 3.75. The Morgan fingerprint density at radius 3 is 2.62 bits per heavy atom. The number of phenolic OH excluding ortho intramolecular Hbond substituents is 1. The molecule has 0 amide bonds. The molecule has 0 fully saturated rings. The van der Waals surface area contributed by atoms with Gasteiger partial charge < -0.3 is 10.2 Å². The molecule has 13 heavy (non-hydrogen) atoms. The van der Waals surface area contributed by atoms with Crippen LogP contribution in [-0.2, 0) is 0 Å². The highest BCUT2D eigenvalue weighted by molar-refractivity contribution is 5.36. The summed E-state index contributed by atoms with van der Waals surface area (Å²) in [7, 11) is 0. The molecular formula is C10H13FO2. The number of phenols is 1. The Hall–Kier alpha value is -1.09. The molecule has 1 aromatic rings. The third kappa shape index (κ3) is 1.98. The van der Waals surface area contributed by atoms with Crippen LogP contribution in [0.2, 0.25) is 0 Å². The molecule has 0 radical (unpaired) electrons. The van der Waals surface area contributed by atoms with Crippen LogP contribution in [0.3, 0.4) is 0 Å². The molecule has 0 saturated carbocycles. The van der Waals surface area contributed by atoms with E-state index in [0.29, 0.717) is 5.56 Å². The smallest absolute Gasteiger partial charge is 0.168 e. The Bertz CT molecular complexity index is 310. The van der Waals surface area contributed by atoms with Crippen LogP contribution in [0.25, 0.3) is 0 Å². The zero-order valence-corrected chi connectivity index (χ0v) is 7.71. The minimum atomic E-state index is -0.632. The van der Waals surface area contributed by atoms with Crippen molar-refractivity contribution in [2.75, 3.05) is 6.61 Å². The predicted molar refractivity (Wildman–Crippen MR) is 48.3 cm³/mol. The van der Waals surface area contributed by atoms with Gasteiger partial charge in [-0.3, -0.25) is 0 Å². The van der Waals surface area contributed by atoms with Crippen molar-refractivity contribution < 1.29 is 14.6 Å². The quantitative estimate of drug-likeness (QED) is 0.737. The summed E-state index contributed by atoms with van der Waals surface area (Å²) in [5.41, 5.74) is 1.15. The maximum absolute atomic E-state index is 13.3. The Morgan fingerprint density at radius 2 is 2.08 bits per heavy atom. The normalized spacial score (nSPS) is 12.9. The average molecular weight is 184 g/mol. The molecule has 1 atom stereocenters. The highest BCUT2D eigenvalue weighted by Crippen LogP contribution is 2.26. The largest absolute Gasteiger partial charge is 0.505 e. The topological polar surface area (TPSA) is 40.5 Å². The number of rotatable bonds is 2. The molecule has 1 rings (SSSR count). The first-order chi connectivity index (χ1) is 6.06. The maximum atomic E-state index is 13.3. The third-order valence-corrected chi connectivity index (χ3v) is 2.03.